The van der Waals surface area contributed by atoms with Gasteiger partial charge in [0.05, 0.1) is 6.20 Å². The Labute approximate surface area is 95.5 Å². The Morgan fingerprint density at radius 3 is 2.81 bits per heavy atom. The van der Waals surface area contributed by atoms with Crippen molar-refractivity contribution in [1.82, 2.24) is 15.1 Å². The molecule has 0 amide bonds. The second-order valence-electron chi connectivity index (χ2n) is 4.10. The molecule has 1 rings (SSSR count). The van der Waals surface area contributed by atoms with E-state index < -0.39 is 11.5 Å². The Hall–Kier alpha value is -1.36. The largest absolute Gasteiger partial charge is 0.480 e. The number of hydrogen-bond donors (Lipinski definition) is 2. The molecule has 1 aromatic rings. The SMILES string of the molecule is CCc1cnn(CCC(C)(NC)C(=O)O)c1. The van der Waals surface area contributed by atoms with Crippen LogP contribution < -0.4 is 5.32 Å². The molecule has 1 heterocycles. The van der Waals surface area contributed by atoms with Crippen LogP contribution in [0.3, 0.4) is 0 Å². The molecule has 0 aliphatic rings. The van der Waals surface area contributed by atoms with Gasteiger partial charge in [-0.25, -0.2) is 0 Å². The van der Waals surface area contributed by atoms with E-state index in [0.717, 1.165) is 6.42 Å². The average molecular weight is 225 g/mol. The van der Waals surface area contributed by atoms with Crippen LogP contribution in [0.2, 0.25) is 0 Å². The van der Waals surface area contributed by atoms with Gasteiger partial charge in [-0.2, -0.15) is 5.10 Å². The molecule has 90 valence electrons. The third-order valence-electron chi connectivity index (χ3n) is 2.96. The van der Waals surface area contributed by atoms with Gasteiger partial charge in [-0.15, -0.1) is 0 Å². The van der Waals surface area contributed by atoms with Crippen molar-refractivity contribution in [2.24, 2.45) is 0 Å². The third kappa shape index (κ3) is 2.82. The number of likely N-dealkylation sites (N-methyl/N-ethyl adjacent to an activating group) is 1. The number of nitrogens with one attached hydrogen (secondary N) is 1. The van der Waals surface area contributed by atoms with E-state index in [1.54, 1.807) is 18.7 Å². The molecule has 1 unspecified atom stereocenters. The Morgan fingerprint density at radius 2 is 2.38 bits per heavy atom. The number of hydrogen-bond acceptors (Lipinski definition) is 3. The number of aliphatic carboxylic acids is 1. The molecule has 0 saturated carbocycles. The van der Waals surface area contributed by atoms with Gasteiger partial charge in [0, 0.05) is 12.7 Å². The van der Waals surface area contributed by atoms with Crippen molar-refractivity contribution in [1.29, 1.82) is 0 Å². The molecule has 0 spiro atoms. The minimum Gasteiger partial charge on any atom is -0.480 e. The van der Waals surface area contributed by atoms with Crippen LogP contribution in [-0.4, -0.2) is 33.4 Å². The highest BCUT2D eigenvalue weighted by Crippen LogP contribution is 2.11. The van der Waals surface area contributed by atoms with Crippen LogP contribution in [0.15, 0.2) is 12.4 Å². The standard InChI is InChI=1S/C11H19N3O2/c1-4-9-7-13-14(8-9)6-5-11(2,12-3)10(15)16/h7-8,12H,4-6H2,1-3H3,(H,15,16). The zero-order valence-corrected chi connectivity index (χ0v) is 10.0. The first-order valence-corrected chi connectivity index (χ1v) is 5.45. The second-order valence-corrected chi connectivity index (χ2v) is 4.10. The number of carbonyl (C=O) groups is 1. The zero-order valence-electron chi connectivity index (χ0n) is 10.0. The maximum absolute atomic E-state index is 11.0. The van der Waals surface area contributed by atoms with Crippen molar-refractivity contribution in [2.75, 3.05) is 7.05 Å². The van der Waals surface area contributed by atoms with E-state index in [4.69, 9.17) is 5.11 Å². The summed E-state index contributed by atoms with van der Waals surface area (Å²) in [6.45, 7) is 4.35. The highest BCUT2D eigenvalue weighted by atomic mass is 16.4. The fraction of sp³-hybridized carbons (Fsp3) is 0.636. The number of carboxylic acid groups (broad SMARTS) is 1. The summed E-state index contributed by atoms with van der Waals surface area (Å²) in [7, 11) is 1.66. The molecule has 16 heavy (non-hydrogen) atoms. The summed E-state index contributed by atoms with van der Waals surface area (Å²) in [4.78, 5) is 11.0. The lowest BCUT2D eigenvalue weighted by atomic mass is 9.98. The van der Waals surface area contributed by atoms with Crippen LogP contribution in [0.5, 0.6) is 0 Å². The number of aromatic nitrogens is 2. The molecule has 1 aromatic heterocycles. The topological polar surface area (TPSA) is 67.2 Å². The normalized spacial score (nSPS) is 14.7. The van der Waals surface area contributed by atoms with Crippen molar-refractivity contribution in [3.63, 3.8) is 0 Å². The van der Waals surface area contributed by atoms with Crippen LogP contribution in [0.4, 0.5) is 0 Å². The van der Waals surface area contributed by atoms with E-state index >= 15 is 0 Å². The van der Waals surface area contributed by atoms with Gasteiger partial charge < -0.3 is 10.4 Å². The first-order chi connectivity index (χ1) is 7.51. The molecule has 0 radical (unpaired) electrons. The van der Waals surface area contributed by atoms with Gasteiger partial charge in [0.2, 0.25) is 0 Å². The van der Waals surface area contributed by atoms with E-state index in [0.29, 0.717) is 13.0 Å². The Balaban J connectivity index is 2.59. The van der Waals surface area contributed by atoms with Crippen LogP contribution in [0.25, 0.3) is 0 Å². The predicted octanol–water partition coefficient (Wildman–Crippen LogP) is 0.898. The lowest BCUT2D eigenvalue weighted by Crippen LogP contribution is -2.48. The van der Waals surface area contributed by atoms with Gasteiger partial charge in [-0.05, 0) is 32.4 Å². The summed E-state index contributed by atoms with van der Waals surface area (Å²) in [5.74, 6) is -0.835. The van der Waals surface area contributed by atoms with Crippen LogP contribution in [0.1, 0.15) is 25.8 Å². The molecule has 1 atom stereocenters. The third-order valence-corrected chi connectivity index (χ3v) is 2.96. The van der Waals surface area contributed by atoms with Gasteiger partial charge in [0.25, 0.3) is 0 Å². The summed E-state index contributed by atoms with van der Waals surface area (Å²) in [5.41, 5.74) is 0.277. The smallest absolute Gasteiger partial charge is 0.323 e. The monoisotopic (exact) mass is 225 g/mol. The summed E-state index contributed by atoms with van der Waals surface area (Å²) in [6, 6.07) is 0. The number of aryl methyl sites for hydroxylation is 2. The maximum Gasteiger partial charge on any atom is 0.323 e. The number of nitrogens with zero attached hydrogens (tertiary/aromatic N) is 2. The Kier molecular flexibility index (Phi) is 4.06. The van der Waals surface area contributed by atoms with Crippen LogP contribution >= 0.6 is 0 Å². The summed E-state index contributed by atoms with van der Waals surface area (Å²) < 4.78 is 1.79. The molecule has 5 heteroatoms. The molecule has 0 bridgehead atoms. The highest BCUT2D eigenvalue weighted by molar-refractivity contribution is 5.78. The molecular formula is C11H19N3O2. The highest BCUT2D eigenvalue weighted by Gasteiger charge is 2.30. The lowest BCUT2D eigenvalue weighted by molar-refractivity contribution is -0.144. The molecule has 0 aromatic carbocycles. The average Bonchev–Trinajstić information content (AvgIpc) is 2.73. The van der Waals surface area contributed by atoms with Gasteiger partial charge in [0.1, 0.15) is 5.54 Å². The zero-order chi connectivity index (χ0) is 12.2. The fourth-order valence-corrected chi connectivity index (χ4v) is 1.39. The van der Waals surface area contributed by atoms with E-state index in [1.807, 2.05) is 12.4 Å². The van der Waals surface area contributed by atoms with Crippen molar-refractivity contribution >= 4 is 5.97 Å². The van der Waals surface area contributed by atoms with E-state index in [1.165, 1.54) is 5.56 Å². The molecule has 5 nitrogen and oxygen atoms in total. The molecule has 0 aliphatic heterocycles. The molecular weight excluding hydrogens is 206 g/mol. The van der Waals surface area contributed by atoms with E-state index in [-0.39, 0.29) is 0 Å². The predicted molar refractivity (Wildman–Crippen MR) is 61.3 cm³/mol. The first-order valence-electron chi connectivity index (χ1n) is 5.45. The summed E-state index contributed by atoms with van der Waals surface area (Å²) in [5, 5.41) is 16.1. The van der Waals surface area contributed by atoms with Crippen LogP contribution in [0, 0.1) is 0 Å². The molecule has 2 N–H and O–H groups in total. The van der Waals surface area contributed by atoms with E-state index in [9.17, 15) is 4.79 Å². The second kappa shape index (κ2) is 5.12. The van der Waals surface area contributed by atoms with Crippen LogP contribution in [-0.2, 0) is 17.8 Å². The summed E-state index contributed by atoms with van der Waals surface area (Å²) in [6.07, 6.45) is 5.22. The summed E-state index contributed by atoms with van der Waals surface area (Å²) >= 11 is 0. The van der Waals surface area contributed by atoms with Crippen molar-refractivity contribution in [2.45, 2.75) is 38.8 Å². The molecule has 0 aliphatic carbocycles. The number of carboxylic acids is 1. The van der Waals surface area contributed by atoms with Crippen molar-refractivity contribution < 1.29 is 9.90 Å². The number of rotatable bonds is 6. The van der Waals surface area contributed by atoms with Crippen molar-refractivity contribution in [3.8, 4) is 0 Å². The molecule has 0 fully saturated rings. The first kappa shape index (κ1) is 12.7. The van der Waals surface area contributed by atoms with Gasteiger partial charge in [0.15, 0.2) is 0 Å². The lowest BCUT2D eigenvalue weighted by Gasteiger charge is -2.23. The van der Waals surface area contributed by atoms with Gasteiger partial charge in [-0.1, -0.05) is 6.92 Å². The van der Waals surface area contributed by atoms with Gasteiger partial charge in [-0.3, -0.25) is 9.48 Å². The maximum atomic E-state index is 11.0. The van der Waals surface area contributed by atoms with E-state index in [2.05, 4.69) is 17.3 Å². The Bertz CT molecular complexity index is 362. The van der Waals surface area contributed by atoms with Gasteiger partial charge >= 0.3 is 5.97 Å². The van der Waals surface area contributed by atoms with Crippen molar-refractivity contribution in [3.05, 3.63) is 18.0 Å². The Morgan fingerprint density at radius 1 is 1.69 bits per heavy atom. The fourth-order valence-electron chi connectivity index (χ4n) is 1.39. The molecule has 0 saturated heterocycles. The quantitative estimate of drug-likeness (QED) is 0.754. The minimum atomic E-state index is -0.891. The minimum absolute atomic E-state index is 0.504.